The number of hydrogen-bond acceptors (Lipinski definition) is 1. The van der Waals surface area contributed by atoms with Crippen LogP contribution in [0.3, 0.4) is 0 Å². The minimum absolute atomic E-state index is 0.534. The molecule has 0 saturated heterocycles. The topological polar surface area (TPSA) is 3.24 Å². The summed E-state index contributed by atoms with van der Waals surface area (Å²) in [5.74, 6) is 0. The molecule has 0 radical (unpaired) electrons. The molecule has 1 aliphatic rings. The molecule has 0 bridgehead atoms. The molecule has 0 saturated carbocycles. The fourth-order valence-corrected chi connectivity index (χ4v) is 10.5. The van der Waals surface area contributed by atoms with Gasteiger partial charge in [0.25, 0.3) is 0 Å². The number of anilines is 3. The van der Waals surface area contributed by atoms with Gasteiger partial charge in [0.05, 0.1) is 16.8 Å². The Morgan fingerprint density at radius 2 is 0.727 bits per heavy atom. The largest absolute Gasteiger partial charge is 0.309 e. The highest BCUT2D eigenvalue weighted by atomic mass is 15.1. The van der Waals surface area contributed by atoms with E-state index in [0.717, 1.165) is 33.8 Å². The lowest BCUT2D eigenvalue weighted by Gasteiger charge is -2.34. The van der Waals surface area contributed by atoms with E-state index in [1.165, 1.54) is 72.0 Å². The second-order valence-electron chi connectivity index (χ2n) is 17.2. The van der Waals surface area contributed by atoms with Crippen LogP contribution < -0.4 is 4.90 Å². The minimum Gasteiger partial charge on any atom is -0.309 e. The molecule has 0 heterocycles. The van der Waals surface area contributed by atoms with Crippen molar-refractivity contribution in [2.45, 2.75) is 5.41 Å². The van der Waals surface area contributed by atoms with Crippen LogP contribution in [0.2, 0.25) is 0 Å². The van der Waals surface area contributed by atoms with E-state index in [9.17, 15) is 0 Å². The summed E-state index contributed by atoms with van der Waals surface area (Å²) in [5.41, 5.74) is 19.8. The molecule has 0 aliphatic heterocycles. The van der Waals surface area contributed by atoms with Crippen LogP contribution in [0.4, 0.5) is 17.1 Å². The van der Waals surface area contributed by atoms with E-state index in [4.69, 9.17) is 0 Å². The Balaban J connectivity index is 1.08. The highest BCUT2D eigenvalue weighted by molar-refractivity contribution is 6.00. The quantitative estimate of drug-likeness (QED) is 0.140. The average molecular weight is 840 g/mol. The normalized spacial score (nSPS) is 12.4. The van der Waals surface area contributed by atoms with Crippen LogP contribution in [0.25, 0.3) is 66.4 Å². The molecular weight excluding hydrogens is 795 g/mol. The SMILES string of the molecule is c1ccc(-c2cccc(-c3cccc(N(c4ccccc4-c4ccc(-c5ccc6ccccc6c5)cc4)c4cccc5c4-c4ccccc4C5(c4ccccc4)c4ccccc4)c3)c2)cc1. The zero-order chi connectivity index (χ0) is 43.9. The fourth-order valence-electron chi connectivity index (χ4n) is 10.5. The standard InChI is InChI=1S/C65H45N/c1-4-19-46(20-5-1)51-23-16-24-52(43-51)53-25-17-30-57(45-53)66(62-35-15-13-31-58(62)49-40-37-48(38-41-49)54-42-39-47-21-10-11-22-50(47)44-54)63-36-18-34-61-64(63)59-32-12-14-33-60(59)65(61,55-26-6-2-7-27-55)56-28-8-3-9-29-56/h1-45H. The number of nitrogens with zero attached hydrogens (tertiary/aromatic N) is 1. The molecule has 0 fully saturated rings. The van der Waals surface area contributed by atoms with E-state index in [2.05, 4.69) is 278 Å². The maximum atomic E-state index is 2.51. The molecule has 0 aromatic heterocycles. The maximum Gasteiger partial charge on any atom is 0.0714 e. The van der Waals surface area contributed by atoms with Crippen LogP contribution in [0, 0.1) is 0 Å². The molecule has 0 spiro atoms. The summed E-state index contributed by atoms with van der Waals surface area (Å²) in [4.78, 5) is 2.51. The first-order valence-electron chi connectivity index (χ1n) is 22.8. The third-order valence-corrected chi connectivity index (χ3v) is 13.5. The second-order valence-corrected chi connectivity index (χ2v) is 17.2. The summed E-state index contributed by atoms with van der Waals surface area (Å²) < 4.78 is 0. The molecule has 11 aromatic carbocycles. The van der Waals surface area contributed by atoms with Crippen LogP contribution in [0.1, 0.15) is 22.3 Å². The number of hydrogen-bond donors (Lipinski definition) is 0. The van der Waals surface area contributed by atoms with Gasteiger partial charge in [0.15, 0.2) is 0 Å². The predicted octanol–water partition coefficient (Wildman–Crippen LogP) is 17.3. The van der Waals surface area contributed by atoms with E-state index < -0.39 is 5.41 Å². The molecule has 1 aliphatic carbocycles. The van der Waals surface area contributed by atoms with Gasteiger partial charge in [0.1, 0.15) is 0 Å². The van der Waals surface area contributed by atoms with E-state index in [1.807, 2.05) is 0 Å². The van der Waals surface area contributed by atoms with Gasteiger partial charge in [0, 0.05) is 16.8 Å². The van der Waals surface area contributed by atoms with Crippen molar-refractivity contribution in [1.82, 2.24) is 0 Å². The predicted molar refractivity (Wildman–Crippen MR) is 278 cm³/mol. The smallest absolute Gasteiger partial charge is 0.0714 e. The van der Waals surface area contributed by atoms with Crippen LogP contribution >= 0.6 is 0 Å². The number of rotatable bonds is 9. The van der Waals surface area contributed by atoms with Crippen molar-refractivity contribution in [1.29, 1.82) is 0 Å². The molecule has 0 N–H and O–H groups in total. The molecule has 12 rings (SSSR count). The minimum atomic E-state index is -0.534. The molecular formula is C65H45N. The van der Waals surface area contributed by atoms with Gasteiger partial charge in [-0.25, -0.2) is 0 Å². The van der Waals surface area contributed by atoms with Gasteiger partial charge in [-0.2, -0.15) is 0 Å². The maximum absolute atomic E-state index is 2.51. The monoisotopic (exact) mass is 839 g/mol. The van der Waals surface area contributed by atoms with E-state index in [0.29, 0.717) is 0 Å². The lowest BCUT2D eigenvalue weighted by Crippen LogP contribution is -2.28. The van der Waals surface area contributed by atoms with Gasteiger partial charge < -0.3 is 4.90 Å². The number of benzene rings is 11. The zero-order valence-corrected chi connectivity index (χ0v) is 36.4. The zero-order valence-electron chi connectivity index (χ0n) is 36.4. The molecule has 1 heteroatoms. The van der Waals surface area contributed by atoms with Gasteiger partial charge in [0.2, 0.25) is 0 Å². The molecule has 310 valence electrons. The summed E-state index contributed by atoms with van der Waals surface area (Å²) >= 11 is 0. The van der Waals surface area contributed by atoms with Crippen molar-refractivity contribution in [3.8, 4) is 55.6 Å². The average Bonchev–Trinajstić information content (AvgIpc) is 3.71. The summed E-state index contributed by atoms with van der Waals surface area (Å²) in [7, 11) is 0. The van der Waals surface area contributed by atoms with Gasteiger partial charge in [-0.3, -0.25) is 0 Å². The van der Waals surface area contributed by atoms with E-state index in [-0.39, 0.29) is 0 Å². The van der Waals surface area contributed by atoms with Crippen molar-refractivity contribution < 1.29 is 0 Å². The summed E-state index contributed by atoms with van der Waals surface area (Å²) in [6.07, 6.45) is 0. The Kier molecular flexibility index (Phi) is 9.81. The van der Waals surface area contributed by atoms with Gasteiger partial charge >= 0.3 is 0 Å². The number of para-hydroxylation sites is 1. The van der Waals surface area contributed by atoms with Crippen LogP contribution in [-0.4, -0.2) is 0 Å². The molecule has 0 unspecified atom stereocenters. The van der Waals surface area contributed by atoms with Crippen LogP contribution in [0.5, 0.6) is 0 Å². The third-order valence-electron chi connectivity index (χ3n) is 13.5. The Labute approximate surface area is 387 Å². The van der Waals surface area contributed by atoms with E-state index in [1.54, 1.807) is 0 Å². The molecule has 0 atom stereocenters. The Bertz CT molecular complexity index is 3480. The molecule has 0 amide bonds. The number of fused-ring (bicyclic) bond motifs is 4. The summed E-state index contributed by atoms with van der Waals surface area (Å²) in [5, 5.41) is 2.49. The highest BCUT2D eigenvalue weighted by Crippen LogP contribution is 2.60. The van der Waals surface area contributed by atoms with Gasteiger partial charge in [-0.1, -0.05) is 237 Å². The first-order valence-corrected chi connectivity index (χ1v) is 22.8. The lowest BCUT2D eigenvalue weighted by atomic mass is 9.68. The van der Waals surface area contributed by atoms with Crippen LogP contribution in [-0.2, 0) is 5.41 Å². The van der Waals surface area contributed by atoms with Crippen molar-refractivity contribution in [2.24, 2.45) is 0 Å². The third kappa shape index (κ3) is 6.64. The molecule has 66 heavy (non-hydrogen) atoms. The fraction of sp³-hybridized carbons (Fsp3) is 0.0154. The van der Waals surface area contributed by atoms with E-state index >= 15 is 0 Å². The van der Waals surface area contributed by atoms with Crippen molar-refractivity contribution in [3.05, 3.63) is 295 Å². The first-order chi connectivity index (χ1) is 32.7. The summed E-state index contributed by atoms with van der Waals surface area (Å²) in [6, 6.07) is 100. The van der Waals surface area contributed by atoms with Crippen molar-refractivity contribution >= 4 is 27.8 Å². The lowest BCUT2D eigenvalue weighted by molar-refractivity contribution is 0.768. The molecule has 1 nitrogen and oxygen atoms in total. The Morgan fingerprint density at radius 3 is 1.47 bits per heavy atom. The van der Waals surface area contributed by atoms with Crippen molar-refractivity contribution in [2.75, 3.05) is 4.90 Å². The highest BCUT2D eigenvalue weighted by Gasteiger charge is 2.47. The summed E-state index contributed by atoms with van der Waals surface area (Å²) in [6.45, 7) is 0. The van der Waals surface area contributed by atoms with Gasteiger partial charge in [-0.15, -0.1) is 0 Å². The van der Waals surface area contributed by atoms with Crippen molar-refractivity contribution in [3.63, 3.8) is 0 Å². The van der Waals surface area contributed by atoms with Crippen LogP contribution in [0.15, 0.2) is 273 Å². The van der Waals surface area contributed by atoms with Gasteiger partial charge in [-0.05, 0) is 114 Å². The second kappa shape index (κ2) is 16.6. The Morgan fingerprint density at radius 1 is 0.258 bits per heavy atom. The Hall–Kier alpha value is -8.52. The first kappa shape index (κ1) is 39.1. The molecule has 11 aromatic rings.